The Hall–Kier alpha value is -3.90. The molecular formula is C32H37N3O7S. The van der Waals surface area contributed by atoms with E-state index < -0.39 is 18.3 Å². The van der Waals surface area contributed by atoms with Crippen molar-refractivity contribution in [1.82, 2.24) is 5.32 Å². The molecule has 4 unspecified atom stereocenters. The van der Waals surface area contributed by atoms with Crippen LogP contribution in [0.3, 0.4) is 0 Å². The summed E-state index contributed by atoms with van der Waals surface area (Å²) in [5.74, 6) is 0.0666. The van der Waals surface area contributed by atoms with Crippen LogP contribution in [-0.4, -0.2) is 48.0 Å². The first-order valence-electron chi connectivity index (χ1n) is 14.1. The number of thioether (sulfide) groups is 1. The van der Waals surface area contributed by atoms with Gasteiger partial charge >= 0.3 is 12.0 Å². The molecule has 3 amide bonds. The number of aliphatic hydroxyl groups is 1. The number of hydrogen-bond acceptors (Lipinski definition) is 8. The van der Waals surface area contributed by atoms with Gasteiger partial charge in [0.2, 0.25) is 5.91 Å². The van der Waals surface area contributed by atoms with Gasteiger partial charge in [0.25, 0.3) is 0 Å². The van der Waals surface area contributed by atoms with Gasteiger partial charge in [-0.2, -0.15) is 0 Å². The number of urea groups is 1. The first-order chi connectivity index (χ1) is 20.7. The summed E-state index contributed by atoms with van der Waals surface area (Å²) in [4.78, 5) is 36.0. The Kier molecular flexibility index (Phi) is 11.6. The van der Waals surface area contributed by atoms with Gasteiger partial charge in [-0.25, -0.2) is 4.79 Å². The number of rotatable bonds is 11. The van der Waals surface area contributed by atoms with Crippen LogP contribution in [0, 0.1) is 5.92 Å². The molecule has 0 saturated carbocycles. The SMILES string of the molecule is CCOC(=O)CNC(=O)Nc1ccc(C2OC(CSc3ccc(NC(C)=O)cc3)C(C)C(c3ccc(CO)cc3)O2)cc1. The van der Waals surface area contributed by atoms with E-state index in [0.717, 1.165) is 27.3 Å². The van der Waals surface area contributed by atoms with Crippen LogP contribution in [0.25, 0.3) is 0 Å². The fraction of sp³-hybridized carbons (Fsp3) is 0.344. The number of ether oxygens (including phenoxy) is 3. The maximum atomic E-state index is 12.2. The summed E-state index contributed by atoms with van der Waals surface area (Å²) in [5, 5.41) is 17.4. The molecule has 1 aliphatic heterocycles. The summed E-state index contributed by atoms with van der Waals surface area (Å²) >= 11 is 1.66. The van der Waals surface area contributed by atoms with Crippen molar-refractivity contribution in [2.24, 2.45) is 5.92 Å². The molecule has 0 aromatic heterocycles. The summed E-state index contributed by atoms with van der Waals surface area (Å²) in [6.45, 7) is 5.27. The Morgan fingerprint density at radius 3 is 2.14 bits per heavy atom. The highest BCUT2D eigenvalue weighted by Gasteiger charge is 2.38. The number of aliphatic hydroxyl groups excluding tert-OH is 1. The first kappa shape index (κ1) is 32.0. The maximum absolute atomic E-state index is 12.2. The van der Waals surface area contributed by atoms with Crippen molar-refractivity contribution in [3.8, 4) is 0 Å². The first-order valence-corrected chi connectivity index (χ1v) is 15.1. The van der Waals surface area contributed by atoms with Crippen molar-refractivity contribution in [3.05, 3.63) is 89.5 Å². The molecule has 0 aliphatic carbocycles. The molecule has 43 heavy (non-hydrogen) atoms. The Morgan fingerprint density at radius 1 is 0.884 bits per heavy atom. The smallest absolute Gasteiger partial charge is 0.325 e. The average molecular weight is 608 g/mol. The van der Waals surface area contributed by atoms with E-state index in [1.165, 1.54) is 6.92 Å². The van der Waals surface area contributed by atoms with E-state index in [9.17, 15) is 19.5 Å². The lowest BCUT2D eigenvalue weighted by atomic mass is 9.91. The molecule has 10 nitrogen and oxygen atoms in total. The topological polar surface area (TPSA) is 135 Å². The standard InChI is InChI=1S/C32H37N3O7S/c1-4-40-29(38)17-33-32(39)35-26-11-9-24(10-12-26)31-41-28(19-43-27-15-13-25(14-16-27)34-21(3)37)20(2)30(42-31)23-7-5-22(18-36)6-8-23/h5-16,20,28,30-31,36H,4,17-19H2,1-3H3,(H,34,37)(H2,33,35,39). The van der Waals surface area contributed by atoms with E-state index in [1.54, 1.807) is 30.8 Å². The summed E-state index contributed by atoms with van der Waals surface area (Å²) in [6, 6.07) is 22.1. The Balaban J connectivity index is 1.46. The minimum Gasteiger partial charge on any atom is -0.465 e. The zero-order chi connectivity index (χ0) is 30.8. The lowest BCUT2D eigenvalue weighted by molar-refractivity contribution is -0.268. The van der Waals surface area contributed by atoms with Crippen LogP contribution < -0.4 is 16.0 Å². The van der Waals surface area contributed by atoms with Crippen molar-refractivity contribution in [1.29, 1.82) is 0 Å². The van der Waals surface area contributed by atoms with Gasteiger partial charge in [0.1, 0.15) is 6.54 Å². The van der Waals surface area contributed by atoms with Gasteiger partial charge in [-0.1, -0.05) is 43.3 Å². The van der Waals surface area contributed by atoms with E-state index in [-0.39, 0.29) is 43.8 Å². The number of anilines is 2. The molecule has 228 valence electrons. The molecule has 4 N–H and O–H groups in total. The molecule has 3 aromatic rings. The molecule has 0 bridgehead atoms. The number of amides is 3. The van der Waals surface area contributed by atoms with Crippen LogP contribution in [0.1, 0.15) is 49.9 Å². The Labute approximate surface area is 255 Å². The average Bonchev–Trinajstić information content (AvgIpc) is 3.00. The summed E-state index contributed by atoms with van der Waals surface area (Å²) in [5.41, 5.74) is 3.89. The molecule has 4 atom stereocenters. The van der Waals surface area contributed by atoms with Crippen LogP contribution in [0.15, 0.2) is 77.7 Å². The van der Waals surface area contributed by atoms with Crippen LogP contribution in [0.4, 0.5) is 16.2 Å². The molecule has 1 saturated heterocycles. The van der Waals surface area contributed by atoms with Crippen molar-refractivity contribution < 1.29 is 33.7 Å². The predicted molar refractivity (Wildman–Crippen MR) is 165 cm³/mol. The fourth-order valence-electron chi connectivity index (χ4n) is 4.59. The predicted octanol–water partition coefficient (Wildman–Crippen LogP) is 5.41. The molecule has 0 spiro atoms. The Bertz CT molecular complexity index is 1370. The van der Waals surface area contributed by atoms with Gasteiger partial charge < -0.3 is 35.3 Å². The van der Waals surface area contributed by atoms with Crippen molar-refractivity contribution in [2.45, 2.75) is 50.8 Å². The maximum Gasteiger partial charge on any atom is 0.325 e. The number of carbonyl (C=O) groups excluding carboxylic acids is 3. The van der Waals surface area contributed by atoms with Crippen LogP contribution in [0.2, 0.25) is 0 Å². The molecule has 1 heterocycles. The zero-order valence-electron chi connectivity index (χ0n) is 24.4. The third-order valence-corrected chi connectivity index (χ3v) is 7.95. The monoisotopic (exact) mass is 607 g/mol. The van der Waals surface area contributed by atoms with E-state index in [4.69, 9.17) is 14.2 Å². The zero-order valence-corrected chi connectivity index (χ0v) is 25.2. The van der Waals surface area contributed by atoms with Gasteiger partial charge in [-0.3, -0.25) is 9.59 Å². The minimum atomic E-state index is -0.654. The van der Waals surface area contributed by atoms with E-state index in [2.05, 4.69) is 22.9 Å². The van der Waals surface area contributed by atoms with Crippen LogP contribution in [-0.2, 0) is 30.4 Å². The third kappa shape index (κ3) is 9.29. The van der Waals surface area contributed by atoms with Crippen molar-refractivity contribution in [3.63, 3.8) is 0 Å². The summed E-state index contributed by atoms with van der Waals surface area (Å²) in [7, 11) is 0. The van der Waals surface area contributed by atoms with E-state index in [0.29, 0.717) is 11.4 Å². The van der Waals surface area contributed by atoms with Gasteiger partial charge in [0.15, 0.2) is 6.29 Å². The lowest BCUT2D eigenvalue weighted by Crippen LogP contribution is -2.38. The fourth-order valence-corrected chi connectivity index (χ4v) is 5.66. The molecule has 0 radical (unpaired) electrons. The summed E-state index contributed by atoms with van der Waals surface area (Å²) in [6.07, 6.45) is -1.07. The number of benzene rings is 3. The number of nitrogens with one attached hydrogen (secondary N) is 3. The second-order valence-electron chi connectivity index (χ2n) is 10.1. The van der Waals surface area contributed by atoms with Gasteiger partial charge in [-0.05, 0) is 54.4 Å². The number of hydrogen-bond donors (Lipinski definition) is 4. The van der Waals surface area contributed by atoms with Crippen LogP contribution in [0.5, 0.6) is 0 Å². The molecule has 1 fully saturated rings. The third-order valence-electron chi connectivity index (χ3n) is 6.85. The second kappa shape index (κ2) is 15.5. The van der Waals surface area contributed by atoms with Crippen molar-refractivity contribution in [2.75, 3.05) is 29.5 Å². The molecule has 4 rings (SSSR count). The largest absolute Gasteiger partial charge is 0.465 e. The minimum absolute atomic E-state index is 0.0198. The number of esters is 1. The normalized spacial score (nSPS) is 19.7. The second-order valence-corrected chi connectivity index (χ2v) is 11.2. The lowest BCUT2D eigenvalue weighted by Gasteiger charge is -2.41. The highest BCUT2D eigenvalue weighted by molar-refractivity contribution is 7.99. The van der Waals surface area contributed by atoms with Gasteiger partial charge in [0, 0.05) is 40.4 Å². The highest BCUT2D eigenvalue weighted by atomic mass is 32.2. The van der Waals surface area contributed by atoms with E-state index in [1.807, 2.05) is 60.7 Å². The number of carbonyl (C=O) groups is 3. The quantitative estimate of drug-likeness (QED) is 0.168. The highest BCUT2D eigenvalue weighted by Crippen LogP contribution is 2.43. The molecule has 3 aromatic carbocycles. The van der Waals surface area contributed by atoms with Gasteiger partial charge in [0.05, 0.1) is 25.4 Å². The molecular weight excluding hydrogens is 570 g/mol. The van der Waals surface area contributed by atoms with E-state index >= 15 is 0 Å². The molecule has 11 heteroatoms. The summed E-state index contributed by atoms with van der Waals surface area (Å²) < 4.78 is 17.8. The van der Waals surface area contributed by atoms with Crippen molar-refractivity contribution >= 4 is 41.0 Å². The van der Waals surface area contributed by atoms with Gasteiger partial charge in [-0.15, -0.1) is 11.8 Å². The van der Waals surface area contributed by atoms with Crippen LogP contribution >= 0.6 is 11.8 Å². The Morgan fingerprint density at radius 2 is 1.51 bits per heavy atom. The molecule has 1 aliphatic rings.